The number of thiazole rings is 1. The smallest absolute Gasteiger partial charge is 0.130 e. The number of rotatable bonds is 5. The maximum absolute atomic E-state index is 5.32. The fraction of sp³-hybridized carbons (Fsp3) is 0.190. The van der Waals surface area contributed by atoms with Gasteiger partial charge in [0.05, 0.1) is 34.6 Å². The van der Waals surface area contributed by atoms with Gasteiger partial charge in [0.25, 0.3) is 0 Å². The molecule has 0 saturated heterocycles. The molecule has 6 heteroatoms. The molecular formula is C21H20N4OS. The summed E-state index contributed by atoms with van der Waals surface area (Å²) in [5.41, 5.74) is 5.98. The molecule has 4 rings (SSSR count). The van der Waals surface area contributed by atoms with Crippen LogP contribution in [0.25, 0.3) is 21.5 Å². The molecule has 0 aliphatic carbocycles. The number of nitrogens with zero attached hydrogens (tertiary/aromatic N) is 3. The van der Waals surface area contributed by atoms with Gasteiger partial charge in [-0.15, -0.1) is 11.3 Å². The van der Waals surface area contributed by atoms with Crippen molar-refractivity contribution in [1.82, 2.24) is 15.0 Å². The Morgan fingerprint density at radius 2 is 1.96 bits per heavy atom. The van der Waals surface area contributed by atoms with E-state index in [1.165, 1.54) is 0 Å². The molecule has 2 heterocycles. The largest absolute Gasteiger partial charge is 0.497 e. The highest BCUT2D eigenvalue weighted by Gasteiger charge is 2.11. The zero-order valence-electron chi connectivity index (χ0n) is 15.4. The highest BCUT2D eigenvalue weighted by molar-refractivity contribution is 7.16. The average molecular weight is 376 g/mol. The number of benzene rings is 2. The molecule has 5 nitrogen and oxygen atoms in total. The summed E-state index contributed by atoms with van der Waals surface area (Å²) >= 11 is 1.63. The van der Waals surface area contributed by atoms with Crippen molar-refractivity contribution in [2.75, 3.05) is 12.4 Å². The maximum Gasteiger partial charge on any atom is 0.130 e. The molecule has 1 atom stereocenters. The van der Waals surface area contributed by atoms with Crippen molar-refractivity contribution in [1.29, 1.82) is 0 Å². The fourth-order valence-electron chi connectivity index (χ4n) is 3.02. The first-order chi connectivity index (χ1) is 13.1. The molecule has 2 aromatic carbocycles. The van der Waals surface area contributed by atoms with Crippen molar-refractivity contribution < 1.29 is 4.74 Å². The Kier molecular flexibility index (Phi) is 4.73. The molecule has 0 saturated carbocycles. The van der Waals surface area contributed by atoms with Crippen LogP contribution in [0.5, 0.6) is 5.75 Å². The Balaban J connectivity index is 1.63. The highest BCUT2D eigenvalue weighted by Crippen LogP contribution is 2.28. The van der Waals surface area contributed by atoms with Gasteiger partial charge in [-0.25, -0.2) is 15.0 Å². The van der Waals surface area contributed by atoms with Crippen LogP contribution in [0.3, 0.4) is 0 Å². The lowest BCUT2D eigenvalue weighted by atomic mass is 10.1. The van der Waals surface area contributed by atoms with Gasteiger partial charge in [0.2, 0.25) is 0 Å². The van der Waals surface area contributed by atoms with E-state index in [1.54, 1.807) is 18.4 Å². The Hall–Kier alpha value is -2.99. The van der Waals surface area contributed by atoms with E-state index < -0.39 is 0 Å². The number of hydrogen-bond donors (Lipinski definition) is 1. The quantitative estimate of drug-likeness (QED) is 0.516. The van der Waals surface area contributed by atoms with Crippen molar-refractivity contribution >= 4 is 27.4 Å². The van der Waals surface area contributed by atoms with Crippen LogP contribution in [-0.4, -0.2) is 22.1 Å². The van der Waals surface area contributed by atoms with Crippen molar-refractivity contribution in [3.63, 3.8) is 0 Å². The van der Waals surface area contributed by atoms with E-state index in [9.17, 15) is 0 Å². The number of nitrogens with one attached hydrogen (secondary N) is 1. The molecule has 0 aliphatic rings. The van der Waals surface area contributed by atoms with Gasteiger partial charge in [0, 0.05) is 11.6 Å². The number of aromatic nitrogens is 3. The van der Waals surface area contributed by atoms with E-state index >= 15 is 0 Å². The van der Waals surface area contributed by atoms with Crippen LogP contribution in [0.1, 0.15) is 24.4 Å². The van der Waals surface area contributed by atoms with E-state index in [2.05, 4.69) is 45.4 Å². The van der Waals surface area contributed by atoms with Crippen LogP contribution >= 0.6 is 11.3 Å². The summed E-state index contributed by atoms with van der Waals surface area (Å²) in [7, 11) is 1.68. The second-order valence-corrected chi connectivity index (χ2v) is 7.25. The van der Waals surface area contributed by atoms with Gasteiger partial charge >= 0.3 is 0 Å². The lowest BCUT2D eigenvalue weighted by molar-refractivity contribution is 0.414. The lowest BCUT2D eigenvalue weighted by Crippen LogP contribution is -2.09. The van der Waals surface area contributed by atoms with Crippen LogP contribution < -0.4 is 10.1 Å². The normalized spacial score (nSPS) is 12.1. The summed E-state index contributed by atoms with van der Waals surface area (Å²) in [5.74, 6) is 2.38. The predicted molar refractivity (Wildman–Crippen MR) is 110 cm³/mol. The van der Waals surface area contributed by atoms with E-state index in [0.717, 1.165) is 44.4 Å². The van der Waals surface area contributed by atoms with Crippen molar-refractivity contribution in [2.45, 2.75) is 19.9 Å². The second kappa shape index (κ2) is 7.32. The zero-order valence-corrected chi connectivity index (χ0v) is 16.2. The second-order valence-electron chi connectivity index (χ2n) is 6.36. The molecule has 1 N–H and O–H groups in total. The number of methoxy groups -OCH3 is 1. The van der Waals surface area contributed by atoms with Gasteiger partial charge in [0.1, 0.15) is 17.4 Å². The molecule has 0 spiro atoms. The van der Waals surface area contributed by atoms with E-state index in [1.807, 2.05) is 42.8 Å². The topological polar surface area (TPSA) is 59.9 Å². The van der Waals surface area contributed by atoms with Gasteiger partial charge in [-0.05, 0) is 43.7 Å². The van der Waals surface area contributed by atoms with Gasteiger partial charge in [-0.1, -0.05) is 18.2 Å². The van der Waals surface area contributed by atoms with E-state index in [4.69, 9.17) is 4.74 Å². The Morgan fingerprint density at radius 3 is 2.81 bits per heavy atom. The van der Waals surface area contributed by atoms with Crippen molar-refractivity contribution in [2.24, 2.45) is 0 Å². The molecule has 0 aliphatic heterocycles. The third-order valence-electron chi connectivity index (χ3n) is 4.42. The predicted octanol–water partition coefficient (Wildman–Crippen LogP) is 5.24. The molecule has 0 bridgehead atoms. The first kappa shape index (κ1) is 17.4. The summed E-state index contributed by atoms with van der Waals surface area (Å²) in [5, 5.41) is 3.48. The number of aryl methyl sites for hydroxylation is 1. The minimum absolute atomic E-state index is 0.0891. The van der Waals surface area contributed by atoms with Crippen molar-refractivity contribution in [3.05, 3.63) is 65.4 Å². The summed E-state index contributed by atoms with van der Waals surface area (Å²) in [6, 6.07) is 16.3. The van der Waals surface area contributed by atoms with Crippen LogP contribution in [0.4, 0.5) is 5.82 Å². The minimum Gasteiger partial charge on any atom is -0.497 e. The van der Waals surface area contributed by atoms with E-state index in [0.29, 0.717) is 0 Å². The monoisotopic (exact) mass is 376 g/mol. The third-order valence-corrected chi connectivity index (χ3v) is 5.21. The molecule has 0 radical (unpaired) electrons. The average Bonchev–Trinajstić information content (AvgIpc) is 3.15. The molecular weight excluding hydrogens is 356 g/mol. The number of fused-ring (bicyclic) bond motifs is 1. The van der Waals surface area contributed by atoms with Crippen LogP contribution in [0.15, 0.2) is 54.0 Å². The number of anilines is 1. The summed E-state index contributed by atoms with van der Waals surface area (Å²) < 4.78 is 6.48. The fourth-order valence-corrected chi connectivity index (χ4v) is 3.74. The molecule has 4 aromatic rings. The molecule has 27 heavy (non-hydrogen) atoms. The third kappa shape index (κ3) is 3.75. The molecule has 0 amide bonds. The minimum atomic E-state index is 0.0891. The Labute approximate surface area is 162 Å². The molecule has 0 fully saturated rings. The van der Waals surface area contributed by atoms with E-state index in [-0.39, 0.29) is 6.04 Å². The zero-order chi connectivity index (χ0) is 18.8. The van der Waals surface area contributed by atoms with Crippen LogP contribution in [-0.2, 0) is 0 Å². The summed E-state index contributed by atoms with van der Waals surface area (Å²) in [6.07, 6.45) is 0. The first-order valence-electron chi connectivity index (χ1n) is 8.72. The SMILES string of the molecule is COc1cccc([C@H](C)Nc2cc(-c3ccc4ncsc4c3)nc(C)n2)c1. The molecule has 0 unspecified atom stereocenters. The number of hydrogen-bond acceptors (Lipinski definition) is 6. The Morgan fingerprint density at radius 1 is 1.07 bits per heavy atom. The highest BCUT2D eigenvalue weighted by atomic mass is 32.1. The summed E-state index contributed by atoms with van der Waals surface area (Å²) in [4.78, 5) is 13.5. The molecule has 2 aromatic heterocycles. The van der Waals surface area contributed by atoms with Crippen molar-refractivity contribution in [3.8, 4) is 17.0 Å². The van der Waals surface area contributed by atoms with Gasteiger partial charge < -0.3 is 10.1 Å². The van der Waals surface area contributed by atoms with Gasteiger partial charge in [-0.2, -0.15) is 0 Å². The number of ether oxygens (including phenoxy) is 1. The van der Waals surface area contributed by atoms with Gasteiger partial charge in [0.15, 0.2) is 0 Å². The first-order valence-corrected chi connectivity index (χ1v) is 9.60. The maximum atomic E-state index is 5.32. The Bertz CT molecular complexity index is 1090. The molecule has 136 valence electrons. The standard InChI is InChI=1S/C21H20N4OS/c1-13(15-5-4-6-17(9-15)26-3)23-21-11-19(24-14(2)25-21)16-7-8-18-20(10-16)27-12-22-18/h4-13H,1-3H3,(H,23,24,25)/t13-/m0/s1. The summed E-state index contributed by atoms with van der Waals surface area (Å²) in [6.45, 7) is 4.02. The van der Waals surface area contributed by atoms with Crippen LogP contribution in [0.2, 0.25) is 0 Å². The van der Waals surface area contributed by atoms with Crippen LogP contribution in [0, 0.1) is 6.92 Å². The lowest BCUT2D eigenvalue weighted by Gasteiger charge is -2.16. The van der Waals surface area contributed by atoms with Gasteiger partial charge in [-0.3, -0.25) is 0 Å².